The highest BCUT2D eigenvalue weighted by atomic mass is 16.5. The molecular formula is C18H16O7. The van der Waals surface area contributed by atoms with E-state index >= 15 is 0 Å². The lowest BCUT2D eigenvalue weighted by Crippen LogP contribution is -2.09. The molecular weight excluding hydrogens is 328 g/mol. The maximum atomic E-state index is 12.9. The Morgan fingerprint density at radius 3 is 2.12 bits per heavy atom. The van der Waals surface area contributed by atoms with Crippen molar-refractivity contribution in [1.29, 1.82) is 0 Å². The van der Waals surface area contributed by atoms with Crippen LogP contribution in [0.25, 0.3) is 22.3 Å². The van der Waals surface area contributed by atoms with E-state index in [9.17, 15) is 15.0 Å². The van der Waals surface area contributed by atoms with E-state index in [1.165, 1.54) is 39.5 Å². The Kier molecular flexibility index (Phi) is 4.14. The van der Waals surface area contributed by atoms with Gasteiger partial charge in [0.05, 0.1) is 21.3 Å². The van der Waals surface area contributed by atoms with E-state index in [4.69, 9.17) is 18.6 Å². The summed E-state index contributed by atoms with van der Waals surface area (Å²) in [6.45, 7) is 0. The van der Waals surface area contributed by atoms with Crippen molar-refractivity contribution in [3.63, 3.8) is 0 Å². The molecule has 2 aromatic carbocycles. The topological polar surface area (TPSA) is 98.4 Å². The quantitative estimate of drug-likeness (QED) is 0.751. The van der Waals surface area contributed by atoms with Gasteiger partial charge in [0, 0.05) is 11.6 Å². The van der Waals surface area contributed by atoms with Crippen LogP contribution in [-0.4, -0.2) is 31.5 Å². The Labute approximate surface area is 142 Å². The number of hydrogen-bond donors (Lipinski definition) is 2. The third-order valence-corrected chi connectivity index (χ3v) is 3.78. The molecule has 7 nitrogen and oxygen atoms in total. The molecule has 1 aromatic heterocycles. The van der Waals surface area contributed by atoms with E-state index in [2.05, 4.69) is 0 Å². The fourth-order valence-electron chi connectivity index (χ4n) is 2.63. The van der Waals surface area contributed by atoms with E-state index in [0.717, 1.165) is 0 Å². The molecule has 0 fully saturated rings. The molecule has 130 valence electrons. The van der Waals surface area contributed by atoms with Gasteiger partial charge in [0.15, 0.2) is 17.1 Å². The Hall–Kier alpha value is -3.35. The largest absolute Gasteiger partial charge is 0.508 e. The normalized spacial score (nSPS) is 10.7. The first-order valence-corrected chi connectivity index (χ1v) is 7.30. The molecule has 2 N–H and O–H groups in total. The standard InChI is InChI=1S/C18H16O7/c1-22-12-8-11(20)16(23-2)17-13(12)14(21)18(24-3)15(25-17)9-4-6-10(19)7-5-9/h4-8,19-20H,1-3H3. The highest BCUT2D eigenvalue weighted by Crippen LogP contribution is 2.43. The van der Waals surface area contributed by atoms with Gasteiger partial charge in [0.25, 0.3) is 0 Å². The van der Waals surface area contributed by atoms with E-state index in [0.29, 0.717) is 5.56 Å². The number of hydrogen-bond acceptors (Lipinski definition) is 7. The summed E-state index contributed by atoms with van der Waals surface area (Å²) in [6.07, 6.45) is 0. The maximum absolute atomic E-state index is 12.9. The molecule has 0 bridgehead atoms. The Bertz CT molecular complexity index is 987. The number of fused-ring (bicyclic) bond motifs is 1. The average Bonchev–Trinajstić information content (AvgIpc) is 2.61. The molecule has 0 aliphatic heterocycles. The first kappa shape index (κ1) is 16.5. The highest BCUT2D eigenvalue weighted by molar-refractivity contribution is 5.93. The predicted octanol–water partition coefficient (Wildman–Crippen LogP) is 2.90. The number of rotatable bonds is 4. The number of ether oxygens (including phenoxy) is 3. The SMILES string of the molecule is COc1c(-c2ccc(O)cc2)oc2c(OC)c(O)cc(OC)c2c1=O. The van der Waals surface area contributed by atoms with Crippen LogP contribution in [-0.2, 0) is 0 Å². The summed E-state index contributed by atoms with van der Waals surface area (Å²) < 4.78 is 21.5. The average molecular weight is 344 g/mol. The Morgan fingerprint density at radius 2 is 1.56 bits per heavy atom. The highest BCUT2D eigenvalue weighted by Gasteiger charge is 2.24. The molecule has 0 atom stereocenters. The van der Waals surface area contributed by atoms with Crippen molar-refractivity contribution in [2.75, 3.05) is 21.3 Å². The zero-order chi connectivity index (χ0) is 18.1. The number of benzene rings is 2. The van der Waals surface area contributed by atoms with Gasteiger partial charge in [0.2, 0.25) is 16.9 Å². The van der Waals surface area contributed by atoms with E-state index < -0.39 is 5.43 Å². The van der Waals surface area contributed by atoms with Crippen molar-refractivity contribution in [2.24, 2.45) is 0 Å². The van der Waals surface area contributed by atoms with Crippen LogP contribution in [0.2, 0.25) is 0 Å². The van der Waals surface area contributed by atoms with Crippen LogP contribution < -0.4 is 19.6 Å². The summed E-state index contributed by atoms with van der Waals surface area (Å²) in [7, 11) is 4.08. The Balaban J connectivity index is 2.47. The first-order valence-electron chi connectivity index (χ1n) is 7.30. The molecule has 3 aromatic rings. The molecule has 0 radical (unpaired) electrons. The minimum Gasteiger partial charge on any atom is -0.508 e. The second-order valence-electron chi connectivity index (χ2n) is 5.18. The summed E-state index contributed by atoms with van der Waals surface area (Å²) in [4.78, 5) is 12.9. The van der Waals surface area contributed by atoms with Crippen LogP contribution in [0.4, 0.5) is 0 Å². The lowest BCUT2D eigenvalue weighted by atomic mass is 10.1. The van der Waals surface area contributed by atoms with Crippen molar-refractivity contribution in [1.82, 2.24) is 0 Å². The smallest absolute Gasteiger partial charge is 0.239 e. The molecule has 0 saturated carbocycles. The number of phenols is 2. The summed E-state index contributed by atoms with van der Waals surface area (Å²) in [5.74, 6) is 0.114. The lowest BCUT2D eigenvalue weighted by Gasteiger charge is -2.14. The Morgan fingerprint density at radius 1 is 0.920 bits per heavy atom. The third kappa shape index (κ3) is 2.59. The molecule has 1 heterocycles. The molecule has 0 aliphatic rings. The molecule has 0 amide bonds. The number of phenolic OH excluding ortho intramolecular Hbond substituents is 2. The molecule has 0 spiro atoms. The van der Waals surface area contributed by atoms with Gasteiger partial charge in [-0.2, -0.15) is 0 Å². The van der Waals surface area contributed by atoms with Crippen molar-refractivity contribution in [2.45, 2.75) is 0 Å². The van der Waals surface area contributed by atoms with E-state index in [-0.39, 0.29) is 45.5 Å². The number of methoxy groups -OCH3 is 3. The zero-order valence-corrected chi connectivity index (χ0v) is 13.8. The second-order valence-corrected chi connectivity index (χ2v) is 5.18. The molecule has 3 rings (SSSR count). The summed E-state index contributed by atoms with van der Waals surface area (Å²) in [5, 5.41) is 19.6. The van der Waals surface area contributed by atoms with Gasteiger partial charge in [-0.3, -0.25) is 4.79 Å². The summed E-state index contributed by atoms with van der Waals surface area (Å²) >= 11 is 0. The monoisotopic (exact) mass is 344 g/mol. The molecule has 0 aliphatic carbocycles. The van der Waals surface area contributed by atoms with Crippen LogP contribution >= 0.6 is 0 Å². The van der Waals surface area contributed by atoms with Crippen molar-refractivity contribution in [3.05, 3.63) is 40.6 Å². The maximum Gasteiger partial charge on any atom is 0.239 e. The molecule has 0 saturated heterocycles. The van der Waals surface area contributed by atoms with Gasteiger partial charge in [-0.05, 0) is 24.3 Å². The summed E-state index contributed by atoms with van der Waals surface area (Å²) in [6, 6.07) is 7.35. The van der Waals surface area contributed by atoms with Crippen LogP contribution in [0, 0.1) is 0 Å². The lowest BCUT2D eigenvalue weighted by molar-refractivity contribution is 0.360. The van der Waals surface area contributed by atoms with Gasteiger partial charge < -0.3 is 28.8 Å². The number of aromatic hydroxyl groups is 2. The van der Waals surface area contributed by atoms with Gasteiger partial charge in [0.1, 0.15) is 16.9 Å². The predicted molar refractivity (Wildman–Crippen MR) is 90.9 cm³/mol. The van der Waals surface area contributed by atoms with E-state index in [1.54, 1.807) is 12.1 Å². The molecule has 25 heavy (non-hydrogen) atoms. The van der Waals surface area contributed by atoms with E-state index in [1.807, 2.05) is 0 Å². The van der Waals surface area contributed by atoms with Gasteiger partial charge in [-0.15, -0.1) is 0 Å². The van der Waals surface area contributed by atoms with Gasteiger partial charge >= 0.3 is 0 Å². The van der Waals surface area contributed by atoms with Crippen LogP contribution in [0.5, 0.6) is 28.7 Å². The van der Waals surface area contributed by atoms with Crippen LogP contribution in [0.15, 0.2) is 39.5 Å². The molecule has 0 unspecified atom stereocenters. The van der Waals surface area contributed by atoms with Crippen molar-refractivity contribution in [3.8, 4) is 40.1 Å². The fraction of sp³-hybridized carbons (Fsp3) is 0.167. The fourth-order valence-corrected chi connectivity index (χ4v) is 2.63. The second kappa shape index (κ2) is 6.27. The zero-order valence-electron chi connectivity index (χ0n) is 13.8. The minimum absolute atomic E-state index is 0.00980. The van der Waals surface area contributed by atoms with Crippen molar-refractivity contribution >= 4 is 11.0 Å². The minimum atomic E-state index is -0.470. The first-order chi connectivity index (χ1) is 12.0. The molecule has 7 heteroatoms. The van der Waals surface area contributed by atoms with Gasteiger partial charge in [-0.1, -0.05) is 0 Å². The van der Waals surface area contributed by atoms with Crippen LogP contribution in [0.1, 0.15) is 0 Å². The van der Waals surface area contributed by atoms with Gasteiger partial charge in [-0.25, -0.2) is 0 Å². The van der Waals surface area contributed by atoms with Crippen molar-refractivity contribution < 1.29 is 28.8 Å². The summed E-state index contributed by atoms with van der Waals surface area (Å²) in [5.41, 5.74) is 0.0770. The van der Waals surface area contributed by atoms with Crippen LogP contribution in [0.3, 0.4) is 0 Å². The third-order valence-electron chi connectivity index (χ3n) is 3.78.